The van der Waals surface area contributed by atoms with Crippen molar-refractivity contribution in [1.82, 2.24) is 4.90 Å². The van der Waals surface area contributed by atoms with Crippen molar-refractivity contribution in [2.24, 2.45) is 0 Å². The second kappa shape index (κ2) is 6.90. The van der Waals surface area contributed by atoms with Gasteiger partial charge in [-0.2, -0.15) is 0 Å². The minimum atomic E-state index is -0.930. The van der Waals surface area contributed by atoms with E-state index in [1.807, 2.05) is 0 Å². The lowest BCUT2D eigenvalue weighted by Gasteiger charge is -2.31. The largest absolute Gasteiger partial charge is 0.478 e. The van der Waals surface area contributed by atoms with Crippen LogP contribution < -0.4 is 0 Å². The lowest BCUT2D eigenvalue weighted by molar-refractivity contribution is -0.00378. The van der Waals surface area contributed by atoms with Crippen LogP contribution >= 0.6 is 0 Å². The second-order valence-corrected chi connectivity index (χ2v) is 5.36. The molecule has 1 aliphatic rings. The number of piperidine rings is 1. The maximum absolute atomic E-state index is 11.0. The molecule has 2 rings (SSSR count). The summed E-state index contributed by atoms with van der Waals surface area (Å²) in [5.74, 6) is 0.264. The van der Waals surface area contributed by atoms with E-state index in [9.17, 15) is 4.79 Å². The Morgan fingerprint density at radius 2 is 2.40 bits per heavy atom. The van der Waals surface area contributed by atoms with Gasteiger partial charge in [0, 0.05) is 13.2 Å². The Kier molecular flexibility index (Phi) is 5.20. The van der Waals surface area contributed by atoms with Gasteiger partial charge in [0.15, 0.2) is 0 Å². The molecule has 0 spiro atoms. The number of furan rings is 1. The molecule has 0 amide bonds. The van der Waals surface area contributed by atoms with Crippen molar-refractivity contribution in [1.29, 1.82) is 0 Å². The first-order valence-corrected chi connectivity index (χ1v) is 7.26. The average Bonchev–Trinajstić information content (AvgIpc) is 2.78. The summed E-state index contributed by atoms with van der Waals surface area (Å²) in [6, 6.07) is 1.63. The smallest absolute Gasteiger partial charge is 0.339 e. The lowest BCUT2D eigenvalue weighted by Crippen LogP contribution is -2.39. The molecule has 1 saturated heterocycles. The zero-order chi connectivity index (χ0) is 14.5. The van der Waals surface area contributed by atoms with Gasteiger partial charge >= 0.3 is 5.97 Å². The van der Waals surface area contributed by atoms with Gasteiger partial charge in [-0.25, -0.2) is 4.79 Å². The average molecular weight is 281 g/mol. The van der Waals surface area contributed by atoms with E-state index >= 15 is 0 Å². The van der Waals surface area contributed by atoms with Gasteiger partial charge in [0.2, 0.25) is 0 Å². The third-order valence-electron chi connectivity index (χ3n) is 3.60. The van der Waals surface area contributed by atoms with Gasteiger partial charge in [-0.15, -0.1) is 0 Å². The van der Waals surface area contributed by atoms with Crippen LogP contribution in [0.5, 0.6) is 0 Å². The molecule has 1 atom stereocenters. The fourth-order valence-electron chi connectivity index (χ4n) is 2.63. The van der Waals surface area contributed by atoms with Crippen LogP contribution in [-0.4, -0.2) is 41.8 Å². The molecule has 0 bridgehead atoms. The number of carboxylic acids is 1. The van der Waals surface area contributed by atoms with E-state index in [2.05, 4.69) is 11.8 Å². The number of hydrogen-bond donors (Lipinski definition) is 1. The van der Waals surface area contributed by atoms with Crippen LogP contribution in [0.2, 0.25) is 0 Å². The van der Waals surface area contributed by atoms with E-state index in [0.717, 1.165) is 44.7 Å². The summed E-state index contributed by atoms with van der Waals surface area (Å²) in [4.78, 5) is 13.3. The van der Waals surface area contributed by atoms with Crippen LogP contribution in [0.25, 0.3) is 0 Å². The van der Waals surface area contributed by atoms with Crippen LogP contribution in [0.15, 0.2) is 10.5 Å². The number of nitrogens with zero attached hydrogens (tertiary/aromatic N) is 1. The highest BCUT2D eigenvalue weighted by Crippen LogP contribution is 2.20. The SMILES string of the molecule is CCCOC1CCCN(Cc2cc(C(=O)O)c(C)o2)C1. The Labute approximate surface area is 119 Å². The third kappa shape index (κ3) is 3.84. The lowest BCUT2D eigenvalue weighted by atomic mass is 10.1. The van der Waals surface area contributed by atoms with Gasteiger partial charge in [0.05, 0.1) is 12.6 Å². The molecule has 1 aromatic rings. The summed E-state index contributed by atoms with van der Waals surface area (Å²) in [7, 11) is 0. The Morgan fingerprint density at radius 3 is 3.05 bits per heavy atom. The highest BCUT2D eigenvalue weighted by molar-refractivity contribution is 5.88. The Balaban J connectivity index is 1.92. The highest BCUT2D eigenvalue weighted by Gasteiger charge is 2.22. The first-order valence-electron chi connectivity index (χ1n) is 7.26. The van der Waals surface area contributed by atoms with Gasteiger partial charge < -0.3 is 14.3 Å². The predicted octanol–water partition coefficient (Wildman–Crippen LogP) is 2.68. The van der Waals surface area contributed by atoms with Crippen molar-refractivity contribution in [3.63, 3.8) is 0 Å². The molecule has 1 unspecified atom stereocenters. The summed E-state index contributed by atoms with van der Waals surface area (Å²) in [5.41, 5.74) is 0.260. The van der Waals surface area contributed by atoms with Crippen molar-refractivity contribution < 1.29 is 19.1 Å². The molecule has 0 aliphatic carbocycles. The minimum Gasteiger partial charge on any atom is -0.478 e. The topological polar surface area (TPSA) is 62.9 Å². The highest BCUT2D eigenvalue weighted by atomic mass is 16.5. The van der Waals surface area contributed by atoms with Crippen molar-refractivity contribution in [3.8, 4) is 0 Å². The number of ether oxygens (including phenoxy) is 1. The van der Waals surface area contributed by atoms with Gasteiger partial charge in [-0.05, 0) is 38.8 Å². The quantitative estimate of drug-likeness (QED) is 0.868. The fourth-order valence-corrected chi connectivity index (χ4v) is 2.63. The molecule has 1 fully saturated rings. The fraction of sp³-hybridized carbons (Fsp3) is 0.667. The number of hydrogen-bond acceptors (Lipinski definition) is 4. The maximum Gasteiger partial charge on any atom is 0.339 e. The van der Waals surface area contributed by atoms with E-state index in [-0.39, 0.29) is 5.56 Å². The molecule has 2 heterocycles. The Morgan fingerprint density at radius 1 is 1.60 bits per heavy atom. The normalized spacial score (nSPS) is 20.2. The molecule has 0 radical (unpaired) electrons. The first-order chi connectivity index (χ1) is 9.60. The monoisotopic (exact) mass is 281 g/mol. The number of carboxylic acid groups (broad SMARTS) is 1. The van der Waals surface area contributed by atoms with Crippen molar-refractivity contribution in [2.45, 2.75) is 45.8 Å². The predicted molar refractivity (Wildman–Crippen MR) is 74.9 cm³/mol. The van der Waals surface area contributed by atoms with Crippen molar-refractivity contribution in [2.75, 3.05) is 19.7 Å². The Bertz CT molecular complexity index is 455. The van der Waals surface area contributed by atoms with Crippen molar-refractivity contribution >= 4 is 5.97 Å². The van der Waals surface area contributed by atoms with E-state index in [1.165, 1.54) is 0 Å². The molecule has 5 nitrogen and oxygen atoms in total. The third-order valence-corrected chi connectivity index (χ3v) is 3.60. The Hall–Kier alpha value is -1.33. The van der Waals surface area contributed by atoms with Gasteiger partial charge in [-0.3, -0.25) is 4.90 Å². The minimum absolute atomic E-state index is 0.260. The van der Waals surface area contributed by atoms with Crippen LogP contribution in [0.4, 0.5) is 0 Å². The molecule has 1 aromatic heterocycles. The summed E-state index contributed by atoms with van der Waals surface area (Å²) in [6.07, 6.45) is 3.54. The number of aryl methyl sites for hydroxylation is 1. The molecular formula is C15H23NO4. The van der Waals surface area contributed by atoms with Crippen LogP contribution in [0.1, 0.15) is 48.1 Å². The molecule has 1 aliphatic heterocycles. The van der Waals surface area contributed by atoms with Crippen molar-refractivity contribution in [3.05, 3.63) is 23.2 Å². The molecular weight excluding hydrogens is 258 g/mol. The van der Waals surface area contributed by atoms with Crippen LogP contribution in [0.3, 0.4) is 0 Å². The molecule has 0 aromatic carbocycles. The van der Waals surface area contributed by atoms with Crippen LogP contribution in [0, 0.1) is 6.92 Å². The molecule has 20 heavy (non-hydrogen) atoms. The zero-order valence-electron chi connectivity index (χ0n) is 12.2. The van der Waals surface area contributed by atoms with E-state index in [1.54, 1.807) is 13.0 Å². The van der Waals surface area contributed by atoms with Gasteiger partial charge in [-0.1, -0.05) is 6.92 Å². The summed E-state index contributed by atoms with van der Waals surface area (Å²) >= 11 is 0. The number of carbonyl (C=O) groups is 1. The summed E-state index contributed by atoms with van der Waals surface area (Å²) in [6.45, 7) is 7.16. The van der Waals surface area contributed by atoms with E-state index < -0.39 is 5.97 Å². The van der Waals surface area contributed by atoms with Gasteiger partial charge in [0.1, 0.15) is 17.1 Å². The number of rotatable bonds is 6. The number of likely N-dealkylation sites (tertiary alicyclic amines) is 1. The van der Waals surface area contributed by atoms with Crippen LogP contribution in [-0.2, 0) is 11.3 Å². The zero-order valence-corrected chi connectivity index (χ0v) is 12.2. The molecule has 5 heteroatoms. The number of aromatic carboxylic acids is 1. The van der Waals surface area contributed by atoms with E-state index in [4.69, 9.17) is 14.3 Å². The second-order valence-electron chi connectivity index (χ2n) is 5.36. The summed E-state index contributed by atoms with van der Waals surface area (Å²) < 4.78 is 11.3. The molecule has 0 saturated carbocycles. The molecule has 112 valence electrons. The first kappa shape index (κ1) is 15.1. The maximum atomic E-state index is 11.0. The standard InChI is InChI=1S/C15H23NO4/c1-3-7-19-12-5-4-6-16(9-12)10-13-8-14(15(17)18)11(2)20-13/h8,12H,3-7,9-10H2,1-2H3,(H,17,18). The molecule has 1 N–H and O–H groups in total. The van der Waals surface area contributed by atoms with E-state index in [0.29, 0.717) is 18.4 Å². The van der Waals surface area contributed by atoms with Gasteiger partial charge in [0.25, 0.3) is 0 Å². The summed E-state index contributed by atoms with van der Waals surface area (Å²) in [5, 5.41) is 9.03.